The number of nitrogens with one attached hydrogen (secondary N) is 1. The zero-order valence-electron chi connectivity index (χ0n) is 19.0. The number of thioether (sulfide) groups is 1. The molecule has 0 saturated carbocycles. The summed E-state index contributed by atoms with van der Waals surface area (Å²) in [6.45, 7) is 3.68. The number of carbonyl (C=O) groups excluding carboxylic acids is 1. The molecule has 0 aliphatic heterocycles. The van der Waals surface area contributed by atoms with Crippen molar-refractivity contribution in [2.45, 2.75) is 44.2 Å². The fourth-order valence-electron chi connectivity index (χ4n) is 3.99. The van der Waals surface area contributed by atoms with Gasteiger partial charge in [0.15, 0.2) is 5.16 Å². The molecule has 3 aromatic rings. The second kappa shape index (κ2) is 11.2. The van der Waals surface area contributed by atoms with E-state index in [-0.39, 0.29) is 17.2 Å². The zero-order chi connectivity index (χ0) is 23.2. The third-order valence-corrected chi connectivity index (χ3v) is 7.67. The standard InChI is InChI=1S/C24H29N3O4S2/c1-3-31-17-11-9-16(10-12-17)27-23(29)21-18-7-4-5-8-19(18)33-22(21)26-24(27)32-15-20(28)25-13-6-14-30-2/h9-12H,3-8,13-15H2,1-2H3,(H,25,28). The lowest BCUT2D eigenvalue weighted by molar-refractivity contribution is -0.118. The van der Waals surface area contributed by atoms with Gasteiger partial charge in [0.05, 0.1) is 23.4 Å². The molecule has 4 rings (SSSR count). The van der Waals surface area contributed by atoms with E-state index in [1.54, 1.807) is 23.0 Å². The number of aromatic nitrogens is 2. The lowest BCUT2D eigenvalue weighted by atomic mass is 9.97. The highest BCUT2D eigenvalue weighted by molar-refractivity contribution is 7.99. The second-order valence-electron chi connectivity index (χ2n) is 7.84. The number of benzene rings is 1. The van der Waals surface area contributed by atoms with Crippen molar-refractivity contribution in [2.24, 2.45) is 0 Å². The average molecular weight is 488 g/mol. The van der Waals surface area contributed by atoms with Crippen molar-refractivity contribution in [1.29, 1.82) is 0 Å². The Kier molecular flexibility index (Phi) is 8.06. The molecular weight excluding hydrogens is 458 g/mol. The fourth-order valence-corrected chi connectivity index (χ4v) is 6.14. The van der Waals surface area contributed by atoms with Crippen LogP contribution in [-0.4, -0.2) is 48.1 Å². The molecule has 1 aromatic carbocycles. The van der Waals surface area contributed by atoms with Crippen molar-refractivity contribution < 1.29 is 14.3 Å². The Labute approximate surface area is 201 Å². The molecule has 0 spiro atoms. The maximum Gasteiger partial charge on any atom is 0.267 e. The van der Waals surface area contributed by atoms with Crippen LogP contribution in [0.3, 0.4) is 0 Å². The lowest BCUT2D eigenvalue weighted by Crippen LogP contribution is -2.28. The van der Waals surface area contributed by atoms with E-state index in [1.165, 1.54) is 16.6 Å². The topological polar surface area (TPSA) is 82.4 Å². The summed E-state index contributed by atoms with van der Waals surface area (Å²) in [5.74, 6) is 0.850. The van der Waals surface area contributed by atoms with Gasteiger partial charge in [-0.25, -0.2) is 4.98 Å². The first-order valence-electron chi connectivity index (χ1n) is 11.3. The number of amides is 1. The van der Waals surface area contributed by atoms with Gasteiger partial charge < -0.3 is 14.8 Å². The Morgan fingerprint density at radius 2 is 2.03 bits per heavy atom. The minimum atomic E-state index is -0.0887. The molecule has 0 unspecified atom stereocenters. The fraction of sp³-hybridized carbons (Fsp3) is 0.458. The summed E-state index contributed by atoms with van der Waals surface area (Å²) in [7, 11) is 1.64. The lowest BCUT2D eigenvalue weighted by Gasteiger charge is -2.14. The number of nitrogens with zero attached hydrogens (tertiary/aromatic N) is 2. The number of aryl methyl sites for hydroxylation is 2. The van der Waals surface area contributed by atoms with E-state index < -0.39 is 0 Å². The minimum absolute atomic E-state index is 0.0634. The van der Waals surface area contributed by atoms with Crippen LogP contribution in [0.5, 0.6) is 5.75 Å². The quantitative estimate of drug-likeness (QED) is 0.265. The molecule has 0 atom stereocenters. The van der Waals surface area contributed by atoms with Gasteiger partial charge in [-0.2, -0.15) is 0 Å². The van der Waals surface area contributed by atoms with E-state index in [1.807, 2.05) is 31.2 Å². The van der Waals surface area contributed by atoms with Gasteiger partial charge in [0.25, 0.3) is 5.56 Å². The van der Waals surface area contributed by atoms with Crippen molar-refractivity contribution in [3.05, 3.63) is 45.1 Å². The summed E-state index contributed by atoms with van der Waals surface area (Å²) in [4.78, 5) is 33.0. The van der Waals surface area contributed by atoms with Gasteiger partial charge in [0.2, 0.25) is 5.91 Å². The molecule has 1 aliphatic rings. The molecule has 1 aliphatic carbocycles. The van der Waals surface area contributed by atoms with E-state index in [2.05, 4.69) is 5.32 Å². The van der Waals surface area contributed by atoms with Crippen LogP contribution in [0.4, 0.5) is 0 Å². The molecule has 9 heteroatoms. The molecule has 2 heterocycles. The highest BCUT2D eigenvalue weighted by atomic mass is 32.2. The van der Waals surface area contributed by atoms with Gasteiger partial charge in [-0.3, -0.25) is 14.2 Å². The van der Waals surface area contributed by atoms with Crippen LogP contribution in [0.15, 0.2) is 34.2 Å². The number of rotatable bonds is 10. The number of fused-ring (bicyclic) bond motifs is 3. The Bertz CT molecular complexity index is 1170. The van der Waals surface area contributed by atoms with E-state index in [0.717, 1.165) is 59.3 Å². The first kappa shape index (κ1) is 23.8. The Morgan fingerprint density at radius 3 is 2.79 bits per heavy atom. The van der Waals surface area contributed by atoms with Crippen LogP contribution < -0.4 is 15.6 Å². The summed E-state index contributed by atoms with van der Waals surface area (Å²) in [6, 6.07) is 7.45. The van der Waals surface area contributed by atoms with Gasteiger partial charge in [0, 0.05) is 25.1 Å². The molecule has 1 amide bonds. The van der Waals surface area contributed by atoms with Gasteiger partial charge >= 0.3 is 0 Å². The third-order valence-electron chi connectivity index (χ3n) is 5.54. The normalized spacial score (nSPS) is 13.2. The summed E-state index contributed by atoms with van der Waals surface area (Å²) < 4.78 is 12.2. The highest BCUT2D eigenvalue weighted by Gasteiger charge is 2.23. The number of hydrogen-bond donors (Lipinski definition) is 1. The van der Waals surface area contributed by atoms with E-state index in [0.29, 0.717) is 24.9 Å². The van der Waals surface area contributed by atoms with Crippen molar-refractivity contribution in [3.63, 3.8) is 0 Å². The second-order valence-corrected chi connectivity index (χ2v) is 9.86. The number of methoxy groups -OCH3 is 1. The summed E-state index contributed by atoms with van der Waals surface area (Å²) >= 11 is 2.91. The van der Waals surface area contributed by atoms with Crippen LogP contribution in [0, 0.1) is 0 Å². The Hall–Kier alpha value is -2.36. The predicted molar refractivity (Wildman–Crippen MR) is 133 cm³/mol. The van der Waals surface area contributed by atoms with Crippen LogP contribution >= 0.6 is 23.1 Å². The van der Waals surface area contributed by atoms with E-state index >= 15 is 0 Å². The average Bonchev–Trinajstić information content (AvgIpc) is 3.20. The molecule has 0 fully saturated rings. The van der Waals surface area contributed by atoms with Gasteiger partial charge in [-0.05, 0) is 68.9 Å². The molecule has 0 saturated heterocycles. The SMILES string of the molecule is CCOc1ccc(-n2c(SCC(=O)NCCCOC)nc3sc4c(c3c2=O)CCCC4)cc1. The molecular formula is C24H29N3O4S2. The molecule has 1 N–H and O–H groups in total. The monoisotopic (exact) mass is 487 g/mol. The van der Waals surface area contributed by atoms with E-state index in [9.17, 15) is 9.59 Å². The Morgan fingerprint density at radius 1 is 1.24 bits per heavy atom. The number of carbonyl (C=O) groups is 1. The number of ether oxygens (including phenoxy) is 2. The molecule has 0 radical (unpaired) electrons. The van der Waals surface area contributed by atoms with Crippen LogP contribution in [0.1, 0.15) is 36.6 Å². The smallest absolute Gasteiger partial charge is 0.267 e. The molecule has 0 bridgehead atoms. The van der Waals surface area contributed by atoms with Gasteiger partial charge in [0.1, 0.15) is 10.6 Å². The third kappa shape index (κ3) is 5.42. The van der Waals surface area contributed by atoms with Gasteiger partial charge in [-0.1, -0.05) is 11.8 Å². The van der Waals surface area contributed by atoms with Crippen molar-refractivity contribution in [1.82, 2.24) is 14.9 Å². The summed E-state index contributed by atoms with van der Waals surface area (Å²) in [5, 5.41) is 4.15. The summed E-state index contributed by atoms with van der Waals surface area (Å²) in [5.41, 5.74) is 1.81. The maximum atomic E-state index is 13.8. The predicted octanol–water partition coefficient (Wildman–Crippen LogP) is 3.97. The van der Waals surface area contributed by atoms with Crippen LogP contribution in [0.2, 0.25) is 0 Å². The van der Waals surface area contributed by atoms with Crippen LogP contribution in [-0.2, 0) is 22.4 Å². The molecule has 176 valence electrons. The molecule has 7 nitrogen and oxygen atoms in total. The summed E-state index contributed by atoms with van der Waals surface area (Å²) in [6.07, 6.45) is 4.94. The Balaban J connectivity index is 1.68. The first-order chi connectivity index (χ1) is 16.1. The number of thiophene rings is 1. The van der Waals surface area contributed by atoms with Crippen molar-refractivity contribution >= 4 is 39.2 Å². The number of hydrogen-bond acceptors (Lipinski definition) is 7. The van der Waals surface area contributed by atoms with Crippen LogP contribution in [0.25, 0.3) is 15.9 Å². The van der Waals surface area contributed by atoms with Gasteiger partial charge in [-0.15, -0.1) is 11.3 Å². The molecule has 2 aromatic heterocycles. The van der Waals surface area contributed by atoms with Crippen molar-refractivity contribution in [2.75, 3.05) is 32.6 Å². The maximum absolute atomic E-state index is 13.8. The largest absolute Gasteiger partial charge is 0.494 e. The minimum Gasteiger partial charge on any atom is -0.494 e. The molecule has 33 heavy (non-hydrogen) atoms. The van der Waals surface area contributed by atoms with E-state index in [4.69, 9.17) is 14.5 Å². The van der Waals surface area contributed by atoms with Crippen molar-refractivity contribution in [3.8, 4) is 11.4 Å². The first-order valence-corrected chi connectivity index (χ1v) is 13.1. The zero-order valence-corrected chi connectivity index (χ0v) is 20.7. The highest BCUT2D eigenvalue weighted by Crippen LogP contribution is 2.35.